The summed E-state index contributed by atoms with van der Waals surface area (Å²) in [5.74, 6) is -3.09. The molecule has 3 N–H and O–H groups in total. The molecular formula is C11H8O5. The van der Waals surface area contributed by atoms with E-state index in [1.165, 1.54) is 6.92 Å². The highest BCUT2D eigenvalue weighted by atomic mass is 16.3. The molecule has 0 saturated carbocycles. The van der Waals surface area contributed by atoms with Gasteiger partial charge in [0, 0.05) is 5.57 Å². The number of allylic oxidation sites excluding steroid dienone is 1. The lowest BCUT2D eigenvalue weighted by Gasteiger charge is -2.17. The van der Waals surface area contributed by atoms with Crippen molar-refractivity contribution in [3.63, 3.8) is 0 Å². The number of phenolic OH excluding ortho intramolecular Hbond substituents is 2. The Bertz CT molecular complexity index is 554. The van der Waals surface area contributed by atoms with E-state index in [2.05, 4.69) is 0 Å². The molecule has 0 fully saturated rings. The van der Waals surface area contributed by atoms with Gasteiger partial charge in [-0.05, 0) is 19.1 Å². The molecule has 16 heavy (non-hydrogen) atoms. The lowest BCUT2D eigenvalue weighted by atomic mass is 9.88. The molecule has 0 saturated heterocycles. The smallest absolute Gasteiger partial charge is 0.237 e. The van der Waals surface area contributed by atoms with E-state index in [9.17, 15) is 24.9 Å². The Kier molecular flexibility index (Phi) is 1.98. The number of aromatic hydroxyl groups is 2. The molecular weight excluding hydrogens is 212 g/mol. The standard InChI is InChI=1S/C11H8O5/c1-4-9(14)7-5(12)2-3-6(13)8(7)11(16)10(4)15/h2-3,12-14H,1H3. The van der Waals surface area contributed by atoms with Crippen LogP contribution in [0.3, 0.4) is 0 Å². The Balaban J connectivity index is 2.91. The van der Waals surface area contributed by atoms with Gasteiger partial charge in [0.25, 0.3) is 0 Å². The molecule has 0 aromatic heterocycles. The van der Waals surface area contributed by atoms with Crippen molar-refractivity contribution in [1.29, 1.82) is 0 Å². The number of phenols is 2. The van der Waals surface area contributed by atoms with Crippen LogP contribution in [0.25, 0.3) is 5.76 Å². The normalized spacial score (nSPS) is 15.3. The first-order chi connectivity index (χ1) is 7.45. The molecule has 0 heterocycles. The van der Waals surface area contributed by atoms with Crippen LogP contribution in [0.2, 0.25) is 0 Å². The first kappa shape index (κ1) is 10.2. The summed E-state index contributed by atoms with van der Waals surface area (Å²) in [7, 11) is 0. The largest absolute Gasteiger partial charge is 0.507 e. The third-order valence-corrected chi connectivity index (χ3v) is 2.53. The first-order valence-electron chi connectivity index (χ1n) is 4.49. The molecule has 0 radical (unpaired) electrons. The summed E-state index contributed by atoms with van der Waals surface area (Å²) in [6.45, 7) is 1.28. The maximum Gasteiger partial charge on any atom is 0.237 e. The fourth-order valence-corrected chi connectivity index (χ4v) is 1.63. The van der Waals surface area contributed by atoms with E-state index in [1.807, 2.05) is 0 Å². The molecule has 0 atom stereocenters. The SMILES string of the molecule is CC1=C(O)c2c(O)ccc(O)c2C(=O)C1=O. The second kappa shape index (κ2) is 3.10. The molecule has 0 bridgehead atoms. The fraction of sp³-hybridized carbons (Fsp3) is 0.0909. The van der Waals surface area contributed by atoms with E-state index in [4.69, 9.17) is 0 Å². The minimum Gasteiger partial charge on any atom is -0.507 e. The molecule has 0 aliphatic heterocycles. The van der Waals surface area contributed by atoms with E-state index >= 15 is 0 Å². The molecule has 1 aromatic carbocycles. The van der Waals surface area contributed by atoms with Crippen LogP contribution in [0.4, 0.5) is 0 Å². The van der Waals surface area contributed by atoms with Crippen LogP contribution in [0.5, 0.6) is 11.5 Å². The van der Waals surface area contributed by atoms with Crippen molar-refractivity contribution in [2.24, 2.45) is 0 Å². The van der Waals surface area contributed by atoms with Crippen molar-refractivity contribution in [1.82, 2.24) is 0 Å². The van der Waals surface area contributed by atoms with Gasteiger partial charge in [-0.1, -0.05) is 0 Å². The lowest BCUT2D eigenvalue weighted by Crippen LogP contribution is -2.22. The van der Waals surface area contributed by atoms with Crippen LogP contribution in [-0.4, -0.2) is 26.9 Å². The topological polar surface area (TPSA) is 94.8 Å². The van der Waals surface area contributed by atoms with Gasteiger partial charge in [-0.25, -0.2) is 0 Å². The van der Waals surface area contributed by atoms with E-state index < -0.39 is 23.1 Å². The number of rotatable bonds is 0. The van der Waals surface area contributed by atoms with E-state index in [1.54, 1.807) is 0 Å². The number of aliphatic hydroxyl groups excluding tert-OH is 1. The second-order valence-corrected chi connectivity index (χ2v) is 3.49. The van der Waals surface area contributed by atoms with Gasteiger partial charge < -0.3 is 15.3 Å². The number of carbonyl (C=O) groups excluding carboxylic acids is 2. The van der Waals surface area contributed by atoms with Crippen LogP contribution in [-0.2, 0) is 4.79 Å². The molecule has 82 valence electrons. The Morgan fingerprint density at radius 1 is 0.875 bits per heavy atom. The monoisotopic (exact) mass is 220 g/mol. The average molecular weight is 220 g/mol. The summed E-state index contributed by atoms with van der Waals surface area (Å²) >= 11 is 0. The third-order valence-electron chi connectivity index (χ3n) is 2.53. The van der Waals surface area contributed by atoms with Crippen molar-refractivity contribution in [3.05, 3.63) is 28.8 Å². The van der Waals surface area contributed by atoms with Gasteiger partial charge >= 0.3 is 0 Å². The molecule has 0 unspecified atom stereocenters. The van der Waals surface area contributed by atoms with Gasteiger partial charge in [-0.2, -0.15) is 0 Å². The number of hydrogen-bond acceptors (Lipinski definition) is 5. The quantitative estimate of drug-likeness (QED) is 0.450. The number of ketones is 2. The van der Waals surface area contributed by atoms with Crippen molar-refractivity contribution >= 4 is 17.3 Å². The van der Waals surface area contributed by atoms with Gasteiger partial charge in [0.15, 0.2) is 0 Å². The lowest BCUT2D eigenvalue weighted by molar-refractivity contribution is -0.111. The average Bonchev–Trinajstić information content (AvgIpc) is 2.26. The maximum absolute atomic E-state index is 11.6. The number of Topliss-reactive ketones (excluding diaryl/α,β-unsaturated/α-hetero) is 2. The molecule has 1 aromatic rings. The van der Waals surface area contributed by atoms with Crippen LogP contribution < -0.4 is 0 Å². The van der Waals surface area contributed by atoms with Crippen LogP contribution in [0.1, 0.15) is 22.8 Å². The summed E-state index contributed by atoms with van der Waals surface area (Å²) in [5.41, 5.74) is -0.686. The molecule has 1 aliphatic carbocycles. The molecule has 5 nitrogen and oxygen atoms in total. The molecule has 1 aliphatic rings. The molecule has 0 amide bonds. The predicted molar refractivity (Wildman–Crippen MR) is 54.3 cm³/mol. The Morgan fingerprint density at radius 2 is 1.38 bits per heavy atom. The highest BCUT2D eigenvalue weighted by molar-refractivity contribution is 6.52. The zero-order valence-corrected chi connectivity index (χ0v) is 8.31. The number of hydrogen-bond donors (Lipinski definition) is 3. The Labute approximate surface area is 90.3 Å². The zero-order chi connectivity index (χ0) is 12.0. The highest BCUT2D eigenvalue weighted by Gasteiger charge is 2.34. The van der Waals surface area contributed by atoms with E-state index in [-0.39, 0.29) is 22.4 Å². The zero-order valence-electron chi connectivity index (χ0n) is 8.31. The molecule has 5 heteroatoms. The van der Waals surface area contributed by atoms with Gasteiger partial charge in [0.05, 0.1) is 11.1 Å². The minimum atomic E-state index is -0.932. The van der Waals surface area contributed by atoms with Crippen LogP contribution in [0, 0.1) is 0 Å². The van der Waals surface area contributed by atoms with Gasteiger partial charge in [0.1, 0.15) is 17.3 Å². The van der Waals surface area contributed by atoms with Crippen molar-refractivity contribution in [2.75, 3.05) is 0 Å². The summed E-state index contributed by atoms with van der Waals surface area (Å²) < 4.78 is 0. The van der Waals surface area contributed by atoms with Gasteiger partial charge in [0.2, 0.25) is 11.6 Å². The van der Waals surface area contributed by atoms with Gasteiger partial charge in [-0.3, -0.25) is 9.59 Å². The fourth-order valence-electron chi connectivity index (χ4n) is 1.63. The van der Waals surface area contributed by atoms with E-state index in [0.717, 1.165) is 12.1 Å². The van der Waals surface area contributed by atoms with E-state index in [0.29, 0.717) is 0 Å². The summed E-state index contributed by atoms with van der Waals surface area (Å²) in [5, 5.41) is 28.6. The number of aliphatic hydroxyl groups is 1. The number of fused-ring (bicyclic) bond motifs is 1. The van der Waals surface area contributed by atoms with Crippen LogP contribution in [0.15, 0.2) is 17.7 Å². The van der Waals surface area contributed by atoms with Crippen molar-refractivity contribution in [2.45, 2.75) is 6.92 Å². The van der Waals surface area contributed by atoms with Crippen molar-refractivity contribution < 1.29 is 24.9 Å². The van der Waals surface area contributed by atoms with Crippen molar-refractivity contribution in [3.8, 4) is 11.5 Å². The minimum absolute atomic E-state index is 0.140. The number of benzene rings is 1. The summed E-state index contributed by atoms with van der Waals surface area (Å²) in [6, 6.07) is 2.23. The molecule has 2 rings (SSSR count). The summed E-state index contributed by atoms with van der Waals surface area (Å²) in [6.07, 6.45) is 0. The second-order valence-electron chi connectivity index (χ2n) is 3.49. The third kappa shape index (κ3) is 1.11. The highest BCUT2D eigenvalue weighted by Crippen LogP contribution is 2.38. The first-order valence-corrected chi connectivity index (χ1v) is 4.49. The predicted octanol–water partition coefficient (Wildman–Crippen LogP) is 1.15. The van der Waals surface area contributed by atoms with Gasteiger partial charge in [-0.15, -0.1) is 0 Å². The maximum atomic E-state index is 11.6. The Morgan fingerprint density at radius 3 is 1.94 bits per heavy atom. The molecule has 0 spiro atoms. The van der Waals surface area contributed by atoms with Crippen LogP contribution >= 0.6 is 0 Å². The summed E-state index contributed by atoms with van der Waals surface area (Å²) in [4.78, 5) is 23.0. The number of carbonyl (C=O) groups is 2. The Hall–Kier alpha value is -2.30.